The quantitative estimate of drug-likeness (QED) is 0.861. The van der Waals surface area contributed by atoms with Crippen molar-refractivity contribution in [3.05, 3.63) is 34.9 Å². The van der Waals surface area contributed by atoms with Crippen LogP contribution in [-0.2, 0) is 17.9 Å². The highest BCUT2D eigenvalue weighted by Crippen LogP contribution is 2.33. The van der Waals surface area contributed by atoms with E-state index in [1.165, 1.54) is 19.3 Å². The summed E-state index contributed by atoms with van der Waals surface area (Å²) in [7, 11) is 0. The SMILES string of the molecule is Cc1cc(CN2Cc3[nH]ncc3C2C(N)=O)nc(N2CCCCC2)n1. The summed E-state index contributed by atoms with van der Waals surface area (Å²) < 4.78 is 0. The highest BCUT2D eigenvalue weighted by Gasteiger charge is 2.36. The summed E-state index contributed by atoms with van der Waals surface area (Å²) in [5, 5.41) is 6.97. The van der Waals surface area contributed by atoms with Gasteiger partial charge >= 0.3 is 0 Å². The van der Waals surface area contributed by atoms with Gasteiger partial charge in [0.05, 0.1) is 17.6 Å². The van der Waals surface area contributed by atoms with E-state index in [0.29, 0.717) is 13.1 Å². The van der Waals surface area contributed by atoms with E-state index in [2.05, 4.69) is 20.1 Å². The summed E-state index contributed by atoms with van der Waals surface area (Å²) in [5.41, 5.74) is 9.31. The van der Waals surface area contributed by atoms with E-state index in [4.69, 9.17) is 10.7 Å². The maximum atomic E-state index is 11.9. The summed E-state index contributed by atoms with van der Waals surface area (Å²) in [6, 6.07) is 1.53. The second-order valence-electron chi connectivity index (χ2n) is 6.86. The fourth-order valence-electron chi connectivity index (χ4n) is 3.80. The Hall–Kier alpha value is -2.48. The Morgan fingerprint density at radius 2 is 2.12 bits per heavy atom. The molecule has 132 valence electrons. The minimum atomic E-state index is -0.456. The average molecular weight is 341 g/mol. The standard InChI is InChI=1S/C17H23N7O/c1-11-7-12(21-17(20-11)23-5-3-2-4-6-23)9-24-10-14-13(8-19-22-14)15(24)16(18)25/h7-8,15H,2-6,9-10H2,1H3,(H2,18,25)(H,19,22). The number of rotatable bonds is 4. The number of anilines is 1. The van der Waals surface area contributed by atoms with Gasteiger partial charge in [-0.2, -0.15) is 5.10 Å². The summed E-state index contributed by atoms with van der Waals surface area (Å²) in [4.78, 5) is 25.6. The number of H-pyrrole nitrogens is 1. The third kappa shape index (κ3) is 3.09. The van der Waals surface area contributed by atoms with Crippen LogP contribution in [0.15, 0.2) is 12.3 Å². The van der Waals surface area contributed by atoms with Crippen molar-refractivity contribution in [2.24, 2.45) is 5.73 Å². The van der Waals surface area contributed by atoms with Crippen molar-refractivity contribution in [2.45, 2.75) is 45.3 Å². The Bertz CT molecular complexity index is 781. The molecule has 1 amide bonds. The first-order valence-electron chi connectivity index (χ1n) is 8.77. The van der Waals surface area contributed by atoms with E-state index in [1.807, 2.05) is 17.9 Å². The van der Waals surface area contributed by atoms with Gasteiger partial charge in [0, 0.05) is 37.4 Å². The third-order valence-electron chi connectivity index (χ3n) is 4.94. The van der Waals surface area contributed by atoms with Crippen molar-refractivity contribution in [3.63, 3.8) is 0 Å². The number of hydrogen-bond donors (Lipinski definition) is 2. The molecule has 8 nitrogen and oxygen atoms in total. The van der Waals surface area contributed by atoms with Gasteiger partial charge in [0.25, 0.3) is 0 Å². The Morgan fingerprint density at radius 3 is 2.88 bits per heavy atom. The number of piperidine rings is 1. The molecule has 8 heteroatoms. The molecule has 2 aliphatic rings. The second kappa shape index (κ2) is 6.44. The van der Waals surface area contributed by atoms with Crippen LogP contribution in [0.4, 0.5) is 5.95 Å². The van der Waals surface area contributed by atoms with Gasteiger partial charge < -0.3 is 10.6 Å². The van der Waals surface area contributed by atoms with E-state index in [1.54, 1.807) is 6.20 Å². The van der Waals surface area contributed by atoms with Gasteiger partial charge in [-0.25, -0.2) is 9.97 Å². The number of aryl methyl sites for hydroxylation is 1. The summed E-state index contributed by atoms with van der Waals surface area (Å²) in [5.74, 6) is 0.437. The van der Waals surface area contributed by atoms with Crippen LogP contribution in [0.2, 0.25) is 0 Å². The van der Waals surface area contributed by atoms with Crippen molar-refractivity contribution in [2.75, 3.05) is 18.0 Å². The van der Waals surface area contributed by atoms with Crippen molar-refractivity contribution in [1.82, 2.24) is 25.1 Å². The van der Waals surface area contributed by atoms with Gasteiger partial charge in [-0.15, -0.1) is 0 Å². The van der Waals surface area contributed by atoms with Crippen molar-refractivity contribution in [3.8, 4) is 0 Å². The number of nitrogens with two attached hydrogens (primary N) is 1. The van der Waals surface area contributed by atoms with E-state index in [9.17, 15) is 4.79 Å². The zero-order valence-corrected chi connectivity index (χ0v) is 14.4. The molecule has 3 N–H and O–H groups in total. The van der Waals surface area contributed by atoms with Crippen LogP contribution < -0.4 is 10.6 Å². The number of primary amides is 1. The van der Waals surface area contributed by atoms with Crippen molar-refractivity contribution < 1.29 is 4.79 Å². The Labute approximate surface area is 146 Å². The molecule has 0 aliphatic carbocycles. The molecule has 0 bridgehead atoms. The smallest absolute Gasteiger partial charge is 0.239 e. The Balaban J connectivity index is 1.57. The number of aromatic amines is 1. The number of nitrogens with zero attached hydrogens (tertiary/aromatic N) is 5. The molecule has 0 spiro atoms. The molecule has 0 radical (unpaired) electrons. The number of amides is 1. The Kier molecular flexibility index (Phi) is 4.12. The maximum absolute atomic E-state index is 11.9. The molecule has 4 heterocycles. The van der Waals surface area contributed by atoms with E-state index in [0.717, 1.165) is 41.7 Å². The number of carbonyl (C=O) groups excluding carboxylic acids is 1. The maximum Gasteiger partial charge on any atom is 0.239 e. The van der Waals surface area contributed by atoms with E-state index in [-0.39, 0.29) is 5.91 Å². The summed E-state index contributed by atoms with van der Waals surface area (Å²) in [6.07, 6.45) is 5.33. The Morgan fingerprint density at radius 1 is 1.32 bits per heavy atom. The molecule has 1 saturated heterocycles. The highest BCUT2D eigenvalue weighted by molar-refractivity contribution is 5.82. The number of nitrogens with one attached hydrogen (secondary N) is 1. The predicted octanol–water partition coefficient (Wildman–Crippen LogP) is 1.04. The number of fused-ring (bicyclic) bond motifs is 1. The van der Waals surface area contributed by atoms with Crippen molar-refractivity contribution in [1.29, 1.82) is 0 Å². The number of aromatic nitrogens is 4. The van der Waals surface area contributed by atoms with Crippen LogP contribution in [0.3, 0.4) is 0 Å². The molecule has 0 saturated carbocycles. The molecule has 2 aromatic rings. The lowest BCUT2D eigenvalue weighted by Crippen LogP contribution is -2.34. The third-order valence-corrected chi connectivity index (χ3v) is 4.94. The molecule has 25 heavy (non-hydrogen) atoms. The molecular weight excluding hydrogens is 318 g/mol. The van der Waals surface area contributed by atoms with Crippen LogP contribution in [0.25, 0.3) is 0 Å². The van der Waals surface area contributed by atoms with Crippen LogP contribution in [0, 0.1) is 6.92 Å². The van der Waals surface area contributed by atoms with Crippen LogP contribution in [-0.4, -0.2) is 44.1 Å². The zero-order chi connectivity index (χ0) is 17.4. The molecule has 2 aliphatic heterocycles. The first-order valence-corrected chi connectivity index (χ1v) is 8.77. The molecule has 2 aromatic heterocycles. The van der Waals surface area contributed by atoms with Gasteiger partial charge in [-0.3, -0.25) is 14.8 Å². The monoisotopic (exact) mass is 341 g/mol. The molecule has 4 rings (SSSR count). The molecule has 1 unspecified atom stereocenters. The van der Waals surface area contributed by atoms with Crippen LogP contribution in [0.5, 0.6) is 0 Å². The topological polar surface area (TPSA) is 104 Å². The first kappa shape index (κ1) is 16.0. The lowest BCUT2D eigenvalue weighted by atomic mass is 10.1. The van der Waals surface area contributed by atoms with Gasteiger partial charge in [0.2, 0.25) is 11.9 Å². The van der Waals surface area contributed by atoms with Gasteiger partial charge in [-0.1, -0.05) is 0 Å². The molecular formula is C17H23N7O. The zero-order valence-electron chi connectivity index (χ0n) is 14.4. The number of hydrogen-bond acceptors (Lipinski definition) is 6. The average Bonchev–Trinajstić information content (AvgIpc) is 3.15. The summed E-state index contributed by atoms with van der Waals surface area (Å²) in [6.45, 7) is 5.17. The summed E-state index contributed by atoms with van der Waals surface area (Å²) >= 11 is 0. The molecule has 1 fully saturated rings. The lowest BCUT2D eigenvalue weighted by molar-refractivity contribution is -0.123. The fraction of sp³-hybridized carbons (Fsp3) is 0.529. The van der Waals surface area contributed by atoms with E-state index >= 15 is 0 Å². The lowest BCUT2D eigenvalue weighted by Gasteiger charge is -2.28. The molecule has 0 aromatic carbocycles. The highest BCUT2D eigenvalue weighted by atomic mass is 16.1. The largest absolute Gasteiger partial charge is 0.368 e. The van der Waals surface area contributed by atoms with Gasteiger partial charge in [0.15, 0.2) is 0 Å². The van der Waals surface area contributed by atoms with Crippen LogP contribution >= 0.6 is 0 Å². The number of carbonyl (C=O) groups is 1. The van der Waals surface area contributed by atoms with Gasteiger partial charge in [0.1, 0.15) is 6.04 Å². The van der Waals surface area contributed by atoms with Gasteiger partial charge in [-0.05, 0) is 32.3 Å². The normalized spacial score (nSPS) is 20.7. The second-order valence-corrected chi connectivity index (χ2v) is 6.86. The first-order chi connectivity index (χ1) is 12.1. The minimum Gasteiger partial charge on any atom is -0.368 e. The van der Waals surface area contributed by atoms with Crippen molar-refractivity contribution >= 4 is 11.9 Å². The molecule has 1 atom stereocenters. The van der Waals surface area contributed by atoms with E-state index < -0.39 is 6.04 Å². The predicted molar refractivity (Wildman–Crippen MR) is 92.6 cm³/mol. The fourth-order valence-corrected chi connectivity index (χ4v) is 3.80. The minimum absolute atomic E-state index is 0.359. The van der Waals surface area contributed by atoms with Crippen LogP contribution in [0.1, 0.15) is 47.9 Å².